The Bertz CT molecular complexity index is 184. The quantitative estimate of drug-likeness (QED) is 0.694. The highest BCUT2D eigenvalue weighted by Crippen LogP contribution is 2.28. The van der Waals surface area contributed by atoms with Crippen LogP contribution in [0.4, 0.5) is 0 Å². The van der Waals surface area contributed by atoms with Crippen molar-refractivity contribution >= 4 is 0 Å². The lowest BCUT2D eigenvalue weighted by Crippen LogP contribution is -2.40. The van der Waals surface area contributed by atoms with Gasteiger partial charge < -0.3 is 5.32 Å². The van der Waals surface area contributed by atoms with Crippen LogP contribution in [-0.4, -0.2) is 12.1 Å². The Morgan fingerprint density at radius 3 is 1.81 bits per heavy atom. The third-order valence-corrected chi connectivity index (χ3v) is 4.60. The minimum atomic E-state index is 0.815. The Hall–Kier alpha value is -0.0400. The fourth-order valence-corrected chi connectivity index (χ4v) is 3.61. The van der Waals surface area contributed by atoms with Crippen LogP contribution in [0.15, 0.2) is 0 Å². The highest BCUT2D eigenvalue weighted by atomic mass is 15.0. The lowest BCUT2D eigenvalue weighted by atomic mass is 9.92. The lowest BCUT2D eigenvalue weighted by molar-refractivity contribution is 0.297. The Labute approximate surface area is 101 Å². The standard InChI is InChI=1S/C15H29N/c1-12-8-9-13(2)11-15(10-12)16-14-6-4-3-5-7-14/h12-16H,3-11H2,1-2H3. The van der Waals surface area contributed by atoms with Gasteiger partial charge in [-0.2, -0.15) is 0 Å². The van der Waals surface area contributed by atoms with E-state index in [2.05, 4.69) is 19.2 Å². The topological polar surface area (TPSA) is 12.0 Å². The summed E-state index contributed by atoms with van der Waals surface area (Å²) in [5, 5.41) is 3.96. The minimum absolute atomic E-state index is 0.815. The highest BCUT2D eigenvalue weighted by Gasteiger charge is 2.24. The van der Waals surface area contributed by atoms with Gasteiger partial charge in [0.1, 0.15) is 0 Å². The Balaban J connectivity index is 1.81. The monoisotopic (exact) mass is 223 g/mol. The van der Waals surface area contributed by atoms with Gasteiger partial charge in [-0.25, -0.2) is 0 Å². The summed E-state index contributed by atoms with van der Waals surface area (Å²) in [5.41, 5.74) is 0. The number of hydrogen-bond donors (Lipinski definition) is 1. The molecule has 0 spiro atoms. The predicted molar refractivity (Wildman–Crippen MR) is 70.6 cm³/mol. The molecule has 2 unspecified atom stereocenters. The molecule has 1 heteroatoms. The molecule has 0 aromatic heterocycles. The molecule has 2 rings (SSSR count). The minimum Gasteiger partial charge on any atom is -0.311 e. The third-order valence-electron chi connectivity index (χ3n) is 4.60. The average Bonchev–Trinajstić information content (AvgIpc) is 2.42. The van der Waals surface area contributed by atoms with Gasteiger partial charge in [-0.15, -0.1) is 0 Å². The fraction of sp³-hybridized carbons (Fsp3) is 1.00. The summed E-state index contributed by atoms with van der Waals surface area (Å²) in [7, 11) is 0. The summed E-state index contributed by atoms with van der Waals surface area (Å²) >= 11 is 0. The summed E-state index contributed by atoms with van der Waals surface area (Å²) in [5.74, 6) is 1.87. The van der Waals surface area contributed by atoms with Gasteiger partial charge in [0, 0.05) is 12.1 Å². The second-order valence-corrected chi connectivity index (χ2v) is 6.46. The van der Waals surface area contributed by atoms with Crippen molar-refractivity contribution in [3.8, 4) is 0 Å². The Morgan fingerprint density at radius 2 is 1.25 bits per heavy atom. The molecule has 0 bridgehead atoms. The molecule has 2 atom stereocenters. The van der Waals surface area contributed by atoms with E-state index in [1.807, 2.05) is 0 Å². The van der Waals surface area contributed by atoms with E-state index >= 15 is 0 Å². The molecule has 2 aliphatic carbocycles. The maximum absolute atomic E-state index is 3.96. The Morgan fingerprint density at radius 1 is 0.688 bits per heavy atom. The van der Waals surface area contributed by atoms with Crippen LogP contribution in [0.25, 0.3) is 0 Å². The fourth-order valence-electron chi connectivity index (χ4n) is 3.61. The maximum Gasteiger partial charge on any atom is 0.00747 e. The number of nitrogens with one attached hydrogen (secondary N) is 1. The van der Waals surface area contributed by atoms with Gasteiger partial charge in [0.25, 0.3) is 0 Å². The third kappa shape index (κ3) is 3.76. The van der Waals surface area contributed by atoms with Crippen LogP contribution in [0.2, 0.25) is 0 Å². The van der Waals surface area contributed by atoms with E-state index in [0.29, 0.717) is 0 Å². The smallest absolute Gasteiger partial charge is 0.00747 e. The van der Waals surface area contributed by atoms with E-state index in [1.165, 1.54) is 57.8 Å². The van der Waals surface area contributed by atoms with E-state index in [4.69, 9.17) is 0 Å². The summed E-state index contributed by atoms with van der Waals surface area (Å²) in [6.45, 7) is 4.88. The molecule has 0 aromatic carbocycles. The van der Waals surface area contributed by atoms with Gasteiger partial charge in [0.2, 0.25) is 0 Å². The van der Waals surface area contributed by atoms with Gasteiger partial charge in [-0.1, -0.05) is 46.0 Å². The first-order valence-corrected chi connectivity index (χ1v) is 7.50. The molecular formula is C15H29N. The molecule has 1 N–H and O–H groups in total. The van der Waals surface area contributed by atoms with Crippen molar-refractivity contribution in [2.75, 3.05) is 0 Å². The molecule has 2 saturated carbocycles. The molecule has 0 amide bonds. The van der Waals surface area contributed by atoms with Crippen molar-refractivity contribution in [1.82, 2.24) is 5.32 Å². The molecule has 2 aliphatic rings. The van der Waals surface area contributed by atoms with Gasteiger partial charge in [-0.3, -0.25) is 0 Å². The van der Waals surface area contributed by atoms with Crippen LogP contribution < -0.4 is 5.32 Å². The van der Waals surface area contributed by atoms with Crippen LogP contribution in [-0.2, 0) is 0 Å². The normalized spacial score (nSPS) is 38.2. The van der Waals surface area contributed by atoms with E-state index in [9.17, 15) is 0 Å². The van der Waals surface area contributed by atoms with Crippen molar-refractivity contribution in [1.29, 1.82) is 0 Å². The molecule has 2 fully saturated rings. The van der Waals surface area contributed by atoms with Crippen LogP contribution in [0.1, 0.15) is 71.6 Å². The summed E-state index contributed by atoms with van der Waals surface area (Å²) in [4.78, 5) is 0. The molecule has 94 valence electrons. The largest absolute Gasteiger partial charge is 0.311 e. The van der Waals surface area contributed by atoms with Crippen molar-refractivity contribution in [3.63, 3.8) is 0 Å². The van der Waals surface area contributed by atoms with Crippen molar-refractivity contribution < 1.29 is 0 Å². The van der Waals surface area contributed by atoms with E-state index in [1.54, 1.807) is 0 Å². The average molecular weight is 223 g/mol. The summed E-state index contributed by atoms with van der Waals surface area (Å²) < 4.78 is 0. The van der Waals surface area contributed by atoms with Crippen LogP contribution in [0.3, 0.4) is 0 Å². The van der Waals surface area contributed by atoms with Crippen LogP contribution >= 0.6 is 0 Å². The van der Waals surface area contributed by atoms with Crippen molar-refractivity contribution in [2.45, 2.75) is 83.7 Å². The zero-order valence-corrected chi connectivity index (χ0v) is 11.2. The second kappa shape index (κ2) is 6.05. The van der Waals surface area contributed by atoms with Gasteiger partial charge in [-0.05, 0) is 37.5 Å². The molecule has 0 saturated heterocycles. The summed E-state index contributed by atoms with van der Waals surface area (Å²) in [6, 6.07) is 1.66. The SMILES string of the molecule is CC1CCC(C)CC(NC2CCCCC2)C1. The first-order valence-electron chi connectivity index (χ1n) is 7.50. The highest BCUT2D eigenvalue weighted by molar-refractivity contribution is 4.82. The zero-order chi connectivity index (χ0) is 11.4. The molecule has 0 aromatic rings. The lowest BCUT2D eigenvalue weighted by Gasteiger charge is -2.29. The number of hydrogen-bond acceptors (Lipinski definition) is 1. The van der Waals surface area contributed by atoms with E-state index in [0.717, 1.165) is 23.9 Å². The predicted octanol–water partition coefficient (Wildman–Crippen LogP) is 4.12. The molecule has 0 radical (unpaired) electrons. The van der Waals surface area contributed by atoms with Crippen molar-refractivity contribution in [2.24, 2.45) is 11.8 Å². The Kier molecular flexibility index (Phi) is 4.69. The van der Waals surface area contributed by atoms with Gasteiger partial charge in [0.15, 0.2) is 0 Å². The van der Waals surface area contributed by atoms with E-state index in [-0.39, 0.29) is 0 Å². The molecule has 0 aliphatic heterocycles. The molecule has 0 heterocycles. The first kappa shape index (κ1) is 12.4. The second-order valence-electron chi connectivity index (χ2n) is 6.46. The zero-order valence-electron chi connectivity index (χ0n) is 11.2. The summed E-state index contributed by atoms with van der Waals surface area (Å²) in [6.07, 6.45) is 13.0. The van der Waals surface area contributed by atoms with Gasteiger partial charge in [0.05, 0.1) is 0 Å². The molecule has 1 nitrogen and oxygen atoms in total. The van der Waals surface area contributed by atoms with E-state index < -0.39 is 0 Å². The molecular weight excluding hydrogens is 194 g/mol. The maximum atomic E-state index is 3.96. The van der Waals surface area contributed by atoms with Crippen molar-refractivity contribution in [3.05, 3.63) is 0 Å². The van der Waals surface area contributed by atoms with Crippen LogP contribution in [0.5, 0.6) is 0 Å². The molecule has 16 heavy (non-hydrogen) atoms. The van der Waals surface area contributed by atoms with Crippen LogP contribution in [0, 0.1) is 11.8 Å². The van der Waals surface area contributed by atoms with Gasteiger partial charge >= 0.3 is 0 Å². The first-order chi connectivity index (χ1) is 7.74. The number of rotatable bonds is 2.